The van der Waals surface area contributed by atoms with Crippen LogP contribution in [0.1, 0.15) is 24.5 Å². The summed E-state index contributed by atoms with van der Waals surface area (Å²) in [6.45, 7) is 1.54. The number of carbonyl (C=O) groups excluding carboxylic acids is 1. The Hall–Kier alpha value is -1.03. The van der Waals surface area contributed by atoms with Crippen molar-refractivity contribution in [1.29, 1.82) is 0 Å². The van der Waals surface area contributed by atoms with Crippen molar-refractivity contribution in [2.75, 3.05) is 0 Å². The maximum absolute atomic E-state index is 11.4. The maximum Gasteiger partial charge on any atom is 0.251 e. The quantitative estimate of drug-likeness (QED) is 0.713. The SMILES string of the molecule is CC(=O)Sc1c[nH]c(=O)c2c1CCC2. The molecule has 1 aliphatic rings. The molecule has 1 heterocycles. The lowest BCUT2D eigenvalue weighted by Crippen LogP contribution is -2.12. The van der Waals surface area contributed by atoms with E-state index in [9.17, 15) is 9.59 Å². The van der Waals surface area contributed by atoms with Crippen LogP contribution in [0, 0.1) is 0 Å². The third-order valence-corrected chi connectivity index (χ3v) is 3.25. The van der Waals surface area contributed by atoms with Crippen molar-refractivity contribution >= 4 is 16.9 Å². The first-order valence-corrected chi connectivity index (χ1v) is 5.42. The molecule has 0 unspecified atom stereocenters. The molecule has 0 spiro atoms. The van der Waals surface area contributed by atoms with E-state index in [1.807, 2.05) is 0 Å². The highest BCUT2D eigenvalue weighted by atomic mass is 32.2. The number of fused-ring (bicyclic) bond motifs is 1. The van der Waals surface area contributed by atoms with Crippen LogP contribution in [0.3, 0.4) is 0 Å². The number of aromatic nitrogens is 1. The van der Waals surface area contributed by atoms with Crippen LogP contribution >= 0.6 is 11.8 Å². The van der Waals surface area contributed by atoms with E-state index in [-0.39, 0.29) is 10.7 Å². The van der Waals surface area contributed by atoms with Gasteiger partial charge >= 0.3 is 0 Å². The first-order chi connectivity index (χ1) is 6.68. The van der Waals surface area contributed by atoms with Gasteiger partial charge in [-0.1, -0.05) is 11.8 Å². The summed E-state index contributed by atoms with van der Waals surface area (Å²) in [5.74, 6) is 0. The molecule has 0 saturated heterocycles. The van der Waals surface area contributed by atoms with E-state index in [0.717, 1.165) is 35.3 Å². The van der Waals surface area contributed by atoms with Gasteiger partial charge in [-0.3, -0.25) is 9.59 Å². The Balaban J connectivity index is 2.48. The summed E-state index contributed by atoms with van der Waals surface area (Å²) in [5.41, 5.74) is 1.95. The minimum absolute atomic E-state index is 0.00500. The fourth-order valence-electron chi connectivity index (χ4n) is 1.82. The summed E-state index contributed by atoms with van der Waals surface area (Å²) in [4.78, 5) is 26.0. The first-order valence-electron chi connectivity index (χ1n) is 4.60. The standard InChI is InChI=1S/C10H11NO2S/c1-6(12)14-9-5-11-10(13)8-4-2-3-7(8)9/h5H,2-4H2,1H3,(H,11,13). The van der Waals surface area contributed by atoms with Crippen LogP contribution in [0.5, 0.6) is 0 Å². The lowest BCUT2D eigenvalue weighted by atomic mass is 10.2. The van der Waals surface area contributed by atoms with Crippen LogP contribution in [-0.4, -0.2) is 10.1 Å². The van der Waals surface area contributed by atoms with E-state index in [2.05, 4.69) is 4.98 Å². The maximum atomic E-state index is 11.4. The minimum Gasteiger partial charge on any atom is -0.328 e. The molecule has 3 nitrogen and oxygen atoms in total. The van der Waals surface area contributed by atoms with E-state index < -0.39 is 0 Å². The molecule has 2 rings (SSSR count). The van der Waals surface area contributed by atoms with Crippen molar-refractivity contribution in [2.24, 2.45) is 0 Å². The third-order valence-electron chi connectivity index (χ3n) is 2.38. The van der Waals surface area contributed by atoms with Crippen molar-refractivity contribution in [3.8, 4) is 0 Å². The fourth-order valence-corrected chi connectivity index (χ4v) is 2.59. The van der Waals surface area contributed by atoms with Gasteiger partial charge in [0, 0.05) is 23.6 Å². The predicted octanol–water partition coefficient (Wildman–Crippen LogP) is 1.50. The van der Waals surface area contributed by atoms with E-state index in [1.54, 1.807) is 6.20 Å². The van der Waals surface area contributed by atoms with Gasteiger partial charge in [-0.2, -0.15) is 0 Å². The number of hydrogen-bond donors (Lipinski definition) is 1. The second-order valence-electron chi connectivity index (χ2n) is 3.39. The van der Waals surface area contributed by atoms with Gasteiger partial charge in [0.15, 0.2) is 5.12 Å². The molecule has 0 aliphatic heterocycles. The highest BCUT2D eigenvalue weighted by Gasteiger charge is 2.18. The van der Waals surface area contributed by atoms with Crippen molar-refractivity contribution in [3.63, 3.8) is 0 Å². The summed E-state index contributed by atoms with van der Waals surface area (Å²) < 4.78 is 0. The highest BCUT2D eigenvalue weighted by Crippen LogP contribution is 2.29. The molecule has 74 valence electrons. The summed E-state index contributed by atoms with van der Waals surface area (Å²) in [6, 6.07) is 0. The van der Waals surface area contributed by atoms with E-state index in [4.69, 9.17) is 0 Å². The third kappa shape index (κ3) is 1.62. The molecular weight excluding hydrogens is 198 g/mol. The Bertz CT molecular complexity index is 436. The monoisotopic (exact) mass is 209 g/mol. The second kappa shape index (κ2) is 3.61. The van der Waals surface area contributed by atoms with Crippen LogP contribution in [0.15, 0.2) is 15.9 Å². The first kappa shape index (κ1) is 9.52. The second-order valence-corrected chi connectivity index (χ2v) is 4.61. The van der Waals surface area contributed by atoms with Gasteiger partial charge in [0.05, 0.1) is 0 Å². The van der Waals surface area contributed by atoms with E-state index in [0.29, 0.717) is 0 Å². The predicted molar refractivity (Wildman–Crippen MR) is 55.6 cm³/mol. The Morgan fingerprint density at radius 2 is 2.14 bits per heavy atom. The summed E-state index contributed by atoms with van der Waals surface area (Å²) >= 11 is 1.20. The summed E-state index contributed by atoms with van der Waals surface area (Å²) in [6.07, 6.45) is 4.44. The average Bonchev–Trinajstić information content (AvgIpc) is 2.58. The number of H-pyrrole nitrogens is 1. The molecule has 1 aromatic rings. The molecule has 0 aromatic carbocycles. The lowest BCUT2D eigenvalue weighted by molar-refractivity contribution is -0.109. The Morgan fingerprint density at radius 1 is 1.43 bits per heavy atom. The number of carbonyl (C=O) groups is 1. The number of thioether (sulfide) groups is 1. The van der Waals surface area contributed by atoms with Crippen LogP contribution in [-0.2, 0) is 17.6 Å². The van der Waals surface area contributed by atoms with Gasteiger partial charge in [-0.15, -0.1) is 0 Å². The Kier molecular flexibility index (Phi) is 2.46. The van der Waals surface area contributed by atoms with Crippen LogP contribution in [0.25, 0.3) is 0 Å². The Morgan fingerprint density at radius 3 is 2.86 bits per heavy atom. The fraction of sp³-hybridized carbons (Fsp3) is 0.400. The van der Waals surface area contributed by atoms with Gasteiger partial charge in [0.25, 0.3) is 5.56 Å². The number of nitrogens with one attached hydrogen (secondary N) is 1. The average molecular weight is 209 g/mol. The van der Waals surface area contributed by atoms with Crippen molar-refractivity contribution < 1.29 is 4.79 Å². The molecule has 0 amide bonds. The summed E-state index contributed by atoms with van der Waals surface area (Å²) in [5, 5.41) is 0.0612. The summed E-state index contributed by atoms with van der Waals surface area (Å²) in [7, 11) is 0. The number of pyridine rings is 1. The van der Waals surface area contributed by atoms with Crippen molar-refractivity contribution in [3.05, 3.63) is 27.7 Å². The van der Waals surface area contributed by atoms with Crippen LogP contribution < -0.4 is 5.56 Å². The van der Waals surface area contributed by atoms with Crippen molar-refractivity contribution in [2.45, 2.75) is 31.1 Å². The van der Waals surface area contributed by atoms with Gasteiger partial charge in [-0.25, -0.2) is 0 Å². The lowest BCUT2D eigenvalue weighted by Gasteiger charge is -2.04. The number of aromatic amines is 1. The molecular formula is C10H11NO2S. The molecule has 4 heteroatoms. The van der Waals surface area contributed by atoms with Crippen LogP contribution in [0.4, 0.5) is 0 Å². The molecule has 1 aliphatic carbocycles. The zero-order valence-electron chi connectivity index (χ0n) is 7.92. The zero-order valence-corrected chi connectivity index (χ0v) is 8.74. The normalized spacial score (nSPS) is 14.1. The topological polar surface area (TPSA) is 49.9 Å². The zero-order chi connectivity index (χ0) is 10.1. The van der Waals surface area contributed by atoms with Crippen molar-refractivity contribution in [1.82, 2.24) is 4.98 Å². The molecule has 1 N–H and O–H groups in total. The van der Waals surface area contributed by atoms with Gasteiger partial charge in [0.2, 0.25) is 0 Å². The Labute approximate surface area is 85.9 Å². The molecule has 1 aromatic heterocycles. The van der Waals surface area contributed by atoms with Gasteiger partial charge < -0.3 is 4.98 Å². The molecule has 0 fully saturated rings. The molecule has 0 atom stereocenters. The van der Waals surface area contributed by atoms with Crippen LogP contribution in [0.2, 0.25) is 0 Å². The number of rotatable bonds is 1. The smallest absolute Gasteiger partial charge is 0.251 e. The molecule has 0 saturated carbocycles. The molecule has 14 heavy (non-hydrogen) atoms. The van der Waals surface area contributed by atoms with E-state index in [1.165, 1.54) is 18.7 Å². The highest BCUT2D eigenvalue weighted by molar-refractivity contribution is 8.13. The van der Waals surface area contributed by atoms with Gasteiger partial charge in [0.1, 0.15) is 0 Å². The van der Waals surface area contributed by atoms with E-state index >= 15 is 0 Å². The minimum atomic E-state index is 0.00500. The largest absolute Gasteiger partial charge is 0.328 e. The number of hydrogen-bond acceptors (Lipinski definition) is 3. The van der Waals surface area contributed by atoms with Gasteiger partial charge in [-0.05, 0) is 24.8 Å². The molecule has 0 bridgehead atoms. The molecule has 0 radical (unpaired) electrons.